The van der Waals surface area contributed by atoms with Gasteiger partial charge in [-0.2, -0.15) is 26.3 Å². The van der Waals surface area contributed by atoms with E-state index in [0.29, 0.717) is 5.56 Å². The minimum Gasteiger partial charge on any atom is -0.367 e. The summed E-state index contributed by atoms with van der Waals surface area (Å²) in [5, 5.41) is 9.73. The summed E-state index contributed by atoms with van der Waals surface area (Å²) in [5.74, 6) is -0.418. The number of aromatic nitrogens is 2. The number of anilines is 1. The van der Waals surface area contributed by atoms with Crippen molar-refractivity contribution in [2.75, 3.05) is 5.32 Å². The second-order valence-electron chi connectivity index (χ2n) is 5.70. The van der Waals surface area contributed by atoms with Gasteiger partial charge in [-0.1, -0.05) is 12.1 Å². The molecule has 0 aliphatic carbocycles. The molecule has 2 rings (SSSR count). The Hall–Kier alpha value is -3.19. The first-order valence-electron chi connectivity index (χ1n) is 7.80. The van der Waals surface area contributed by atoms with Gasteiger partial charge in [0.2, 0.25) is 0 Å². The lowest BCUT2D eigenvalue weighted by Crippen LogP contribution is -2.32. The highest BCUT2D eigenvalue weighted by molar-refractivity contribution is 6.03. The van der Waals surface area contributed by atoms with E-state index in [4.69, 9.17) is 5.41 Å². The van der Waals surface area contributed by atoms with Crippen LogP contribution in [0.5, 0.6) is 0 Å². The number of hydrogen-bond acceptors (Lipinski definition) is 4. The van der Waals surface area contributed by atoms with Crippen LogP contribution in [0.2, 0.25) is 0 Å². The van der Waals surface area contributed by atoms with E-state index in [1.54, 1.807) is 4.98 Å². The van der Waals surface area contributed by atoms with Gasteiger partial charge < -0.3 is 5.32 Å². The summed E-state index contributed by atoms with van der Waals surface area (Å²) >= 11 is 0. The zero-order valence-corrected chi connectivity index (χ0v) is 14.9. The van der Waals surface area contributed by atoms with E-state index in [2.05, 4.69) is 10.3 Å². The van der Waals surface area contributed by atoms with E-state index in [9.17, 15) is 44.7 Å². The van der Waals surface area contributed by atoms with Crippen LogP contribution in [-0.4, -0.2) is 28.3 Å². The van der Waals surface area contributed by atoms with Crippen molar-refractivity contribution in [3.63, 3.8) is 0 Å². The molecule has 1 aromatic heterocycles. The van der Waals surface area contributed by atoms with Crippen molar-refractivity contribution in [3.05, 3.63) is 61.8 Å². The summed E-state index contributed by atoms with van der Waals surface area (Å²) < 4.78 is 93.9. The van der Waals surface area contributed by atoms with E-state index >= 15 is 0 Å². The topological polar surface area (TPSA) is 102 Å². The zero-order valence-electron chi connectivity index (χ0n) is 14.9. The van der Waals surface area contributed by atoms with Crippen LogP contribution in [0.3, 0.4) is 0 Å². The minimum absolute atomic E-state index is 0.166. The van der Waals surface area contributed by atoms with Gasteiger partial charge in [-0.05, 0) is 17.7 Å². The maximum absolute atomic E-state index is 12.7. The number of nitrogens with one attached hydrogen (secondary N) is 4. The summed E-state index contributed by atoms with van der Waals surface area (Å²) in [4.78, 5) is 26.8. The third-order valence-corrected chi connectivity index (χ3v) is 3.18. The van der Waals surface area contributed by atoms with Crippen LogP contribution in [0.1, 0.15) is 23.6 Å². The lowest BCUT2D eigenvalue weighted by molar-refractivity contribution is -0.137. The maximum atomic E-state index is 12.7. The van der Waals surface area contributed by atoms with Crippen LogP contribution in [0.4, 0.5) is 40.9 Å². The number of H-pyrrole nitrogens is 2. The Morgan fingerprint density at radius 3 is 1.97 bits per heavy atom. The molecule has 0 aliphatic rings. The van der Waals surface area contributed by atoms with Crippen molar-refractivity contribution in [1.82, 2.24) is 9.97 Å². The first-order chi connectivity index (χ1) is 13.6. The Kier molecular flexibility index (Phi) is 7.90. The van der Waals surface area contributed by atoms with Crippen molar-refractivity contribution in [2.24, 2.45) is 0 Å². The molecule has 6 nitrogen and oxygen atoms in total. The fraction of sp³-hybridized carbons (Fsp3) is 0.312. The van der Waals surface area contributed by atoms with Gasteiger partial charge in [-0.15, -0.1) is 0 Å². The maximum Gasteiger partial charge on any atom is 0.416 e. The highest BCUT2D eigenvalue weighted by Crippen LogP contribution is 2.29. The molecule has 0 spiro atoms. The van der Waals surface area contributed by atoms with E-state index < -0.39 is 52.7 Å². The molecule has 0 saturated heterocycles. The largest absolute Gasteiger partial charge is 0.416 e. The van der Waals surface area contributed by atoms with Crippen LogP contribution < -0.4 is 16.6 Å². The van der Waals surface area contributed by atoms with Gasteiger partial charge in [0.25, 0.3) is 12.0 Å². The van der Waals surface area contributed by atoms with Crippen molar-refractivity contribution in [3.8, 4) is 0 Å². The molecular weight excluding hydrogens is 432 g/mol. The van der Waals surface area contributed by atoms with Crippen molar-refractivity contribution in [2.45, 2.75) is 32.2 Å². The number of aromatic amines is 2. The third kappa shape index (κ3) is 8.05. The number of alkyl halides is 8. The van der Waals surface area contributed by atoms with Gasteiger partial charge in [-0.3, -0.25) is 20.2 Å². The van der Waals surface area contributed by atoms with Gasteiger partial charge >= 0.3 is 18.0 Å². The monoisotopic (exact) mass is 446 g/mol. The van der Waals surface area contributed by atoms with Crippen molar-refractivity contribution >= 4 is 11.5 Å². The molecule has 2 aromatic rings. The highest BCUT2D eigenvalue weighted by atomic mass is 19.4. The number of rotatable bonds is 5. The molecule has 0 atom stereocenters. The Bertz CT molecular complexity index is 969. The molecular formula is C16H14F8N4O2. The molecule has 0 aliphatic heterocycles. The smallest absolute Gasteiger partial charge is 0.367 e. The molecule has 0 amide bonds. The Morgan fingerprint density at radius 2 is 1.53 bits per heavy atom. The minimum atomic E-state index is -4.50. The fourth-order valence-electron chi connectivity index (χ4n) is 1.99. The summed E-state index contributed by atoms with van der Waals surface area (Å²) in [6.07, 6.45) is -11.7. The van der Waals surface area contributed by atoms with Crippen LogP contribution in [-0.2, 0) is 12.7 Å². The van der Waals surface area contributed by atoms with Crippen molar-refractivity contribution in [1.29, 1.82) is 5.41 Å². The normalized spacial score (nSPS) is 11.7. The van der Waals surface area contributed by atoms with E-state index in [0.717, 1.165) is 24.3 Å². The Labute approximate surface area is 162 Å². The van der Waals surface area contributed by atoms with Gasteiger partial charge in [0.15, 0.2) is 0 Å². The third-order valence-electron chi connectivity index (χ3n) is 3.18. The average molecular weight is 446 g/mol. The van der Waals surface area contributed by atoms with E-state index in [1.165, 1.54) is 0 Å². The molecule has 0 bridgehead atoms. The lowest BCUT2D eigenvalue weighted by atomic mass is 10.1. The quantitative estimate of drug-likeness (QED) is 0.414. The standard InChI is InChI=1S/C14H11F5N4O2.C2H3F3/c15-10(16)9(20)8-11(22-13(25)23-12(8)24)21-5-6-1-3-7(4-2-6)14(17,18)19;1-2(3,4)5/h1-4,10,20H,5H2,(H3,21,22,23,24,25);1H3. The van der Waals surface area contributed by atoms with E-state index in [-0.39, 0.29) is 13.5 Å². The highest BCUT2D eigenvalue weighted by Gasteiger charge is 2.30. The summed E-state index contributed by atoms with van der Waals surface area (Å²) in [6, 6.07) is 3.97. The molecule has 0 saturated carbocycles. The number of halogens is 8. The van der Waals surface area contributed by atoms with Crippen LogP contribution >= 0.6 is 0 Å². The fourth-order valence-corrected chi connectivity index (χ4v) is 1.99. The molecule has 14 heteroatoms. The van der Waals surface area contributed by atoms with Crippen molar-refractivity contribution < 1.29 is 35.1 Å². The molecule has 166 valence electrons. The summed E-state index contributed by atoms with van der Waals surface area (Å²) in [7, 11) is 0. The number of hydrogen-bond donors (Lipinski definition) is 4. The van der Waals surface area contributed by atoms with Crippen LogP contribution in [0, 0.1) is 5.41 Å². The molecule has 30 heavy (non-hydrogen) atoms. The Balaban J connectivity index is 0.000000804. The summed E-state index contributed by atoms with van der Waals surface area (Å²) in [6.45, 7) is 0.0219. The lowest BCUT2D eigenvalue weighted by Gasteiger charge is -2.12. The average Bonchev–Trinajstić information content (AvgIpc) is 2.57. The van der Waals surface area contributed by atoms with Gasteiger partial charge in [-0.25, -0.2) is 13.6 Å². The molecule has 0 unspecified atom stereocenters. The molecule has 1 aromatic carbocycles. The first-order valence-corrected chi connectivity index (χ1v) is 7.80. The van der Waals surface area contributed by atoms with E-state index in [1.807, 2.05) is 0 Å². The van der Waals surface area contributed by atoms with Gasteiger partial charge in [0.1, 0.15) is 17.1 Å². The second-order valence-corrected chi connectivity index (χ2v) is 5.70. The molecule has 4 N–H and O–H groups in total. The van der Waals surface area contributed by atoms with Gasteiger partial charge in [0.05, 0.1) is 5.56 Å². The predicted octanol–water partition coefficient (Wildman–Crippen LogP) is 3.90. The second kappa shape index (κ2) is 9.54. The SMILES string of the molecule is CC(F)(F)F.N=C(c1c(NCc2ccc(C(F)(F)F)cc2)[nH]c(=O)[nH]c1=O)C(F)F. The molecule has 1 heterocycles. The first kappa shape index (κ1) is 24.8. The molecule has 0 fully saturated rings. The summed E-state index contributed by atoms with van der Waals surface area (Å²) in [5.41, 5.74) is -4.73. The zero-order chi connectivity index (χ0) is 23.3. The van der Waals surface area contributed by atoms with Crippen LogP contribution in [0.25, 0.3) is 0 Å². The number of benzene rings is 1. The Morgan fingerprint density at radius 1 is 1.03 bits per heavy atom. The predicted molar refractivity (Wildman–Crippen MR) is 91.0 cm³/mol. The van der Waals surface area contributed by atoms with Crippen LogP contribution in [0.15, 0.2) is 33.9 Å². The molecule has 0 radical (unpaired) electrons. The van der Waals surface area contributed by atoms with Gasteiger partial charge in [0, 0.05) is 13.5 Å².